The first kappa shape index (κ1) is 29.2. The molecule has 3 nitrogen and oxygen atoms in total. The molecule has 0 saturated heterocycles. The average molecular weight is 712 g/mol. The van der Waals surface area contributed by atoms with Gasteiger partial charge in [-0.15, -0.1) is 22.7 Å². The minimum atomic E-state index is 1.14. The quantitative estimate of drug-likeness (QED) is 0.159. The maximum atomic E-state index is 2.55. The SMILES string of the molecule is c1ccc(-c2ccc(-n3c4ccccc4c4cc5c(cc43)n3c4ccccc4sc4cccc(c6cccc7sc8ccccc8n5c76)c43)cc2)cc1. The molecule has 0 saturated carbocycles. The second-order valence-electron chi connectivity index (χ2n) is 13.7. The summed E-state index contributed by atoms with van der Waals surface area (Å²) in [5.74, 6) is 0. The second kappa shape index (κ2) is 11.1. The Bertz CT molecular complexity index is 3500. The summed E-state index contributed by atoms with van der Waals surface area (Å²) in [5, 5.41) is 4.96. The smallest absolute Gasteiger partial charge is 0.0725 e. The summed E-state index contributed by atoms with van der Waals surface area (Å²) in [4.78, 5) is 0. The van der Waals surface area contributed by atoms with Crippen LogP contribution in [0.2, 0.25) is 0 Å². The first-order valence-electron chi connectivity index (χ1n) is 17.9. The Hall–Kier alpha value is -6.40. The molecular formula is C48H29N3S2. The zero-order valence-corrected chi connectivity index (χ0v) is 30.0. The molecule has 0 atom stereocenters. The van der Waals surface area contributed by atoms with E-state index in [1.807, 2.05) is 22.7 Å². The second-order valence-corrected chi connectivity index (χ2v) is 15.9. The van der Waals surface area contributed by atoms with E-state index in [2.05, 4.69) is 189 Å². The molecule has 0 aliphatic rings. The van der Waals surface area contributed by atoms with Crippen molar-refractivity contribution in [2.24, 2.45) is 0 Å². The fourth-order valence-corrected chi connectivity index (χ4v) is 10.8. The highest BCUT2D eigenvalue weighted by atomic mass is 32.1. The third-order valence-electron chi connectivity index (χ3n) is 10.9. The van der Waals surface area contributed by atoms with Crippen LogP contribution in [0.5, 0.6) is 0 Å². The van der Waals surface area contributed by atoms with Gasteiger partial charge in [-0.25, -0.2) is 0 Å². The van der Waals surface area contributed by atoms with Gasteiger partial charge in [-0.3, -0.25) is 0 Å². The van der Waals surface area contributed by atoms with E-state index < -0.39 is 0 Å². The van der Waals surface area contributed by atoms with Gasteiger partial charge in [0.25, 0.3) is 0 Å². The maximum absolute atomic E-state index is 2.55. The van der Waals surface area contributed by atoms with Crippen LogP contribution in [0.25, 0.3) is 101 Å². The molecule has 5 heteroatoms. The third kappa shape index (κ3) is 4.15. The monoisotopic (exact) mass is 711 g/mol. The number of nitrogens with zero attached hydrogens (tertiary/aromatic N) is 3. The van der Waals surface area contributed by atoms with Crippen LogP contribution >= 0.6 is 22.7 Å². The molecule has 0 amide bonds. The lowest BCUT2D eigenvalue weighted by Crippen LogP contribution is -2.01. The number of para-hydroxylation sites is 5. The fraction of sp³-hybridized carbons (Fsp3) is 0. The van der Waals surface area contributed by atoms with E-state index in [9.17, 15) is 0 Å². The highest BCUT2D eigenvalue weighted by molar-refractivity contribution is 7.25. The summed E-state index contributed by atoms with van der Waals surface area (Å²) in [7, 11) is 0. The van der Waals surface area contributed by atoms with Crippen molar-refractivity contribution in [3.05, 3.63) is 176 Å². The summed E-state index contributed by atoms with van der Waals surface area (Å²) in [5.41, 5.74) is 13.2. The van der Waals surface area contributed by atoms with Crippen molar-refractivity contribution in [3.8, 4) is 16.8 Å². The molecule has 0 aliphatic carbocycles. The summed E-state index contributed by atoms with van der Waals surface area (Å²) in [6.45, 7) is 0. The Morgan fingerprint density at radius 1 is 0.302 bits per heavy atom. The molecule has 0 N–H and O–H groups in total. The van der Waals surface area contributed by atoms with Gasteiger partial charge in [0, 0.05) is 27.2 Å². The number of benzene rings is 8. The lowest BCUT2D eigenvalue weighted by molar-refractivity contribution is 1.18. The summed E-state index contributed by atoms with van der Waals surface area (Å²) in [6.07, 6.45) is 0. The van der Waals surface area contributed by atoms with E-state index in [1.54, 1.807) is 0 Å². The van der Waals surface area contributed by atoms with E-state index in [1.165, 1.54) is 90.1 Å². The van der Waals surface area contributed by atoms with Crippen molar-refractivity contribution < 1.29 is 0 Å². The molecule has 12 aromatic rings. The molecule has 12 rings (SSSR count). The van der Waals surface area contributed by atoms with Crippen LogP contribution in [0.1, 0.15) is 0 Å². The predicted octanol–water partition coefficient (Wildman–Crippen LogP) is 14.0. The van der Waals surface area contributed by atoms with Gasteiger partial charge in [0.15, 0.2) is 0 Å². The molecular weight excluding hydrogens is 683 g/mol. The summed E-state index contributed by atoms with van der Waals surface area (Å²) < 4.78 is 12.6. The van der Waals surface area contributed by atoms with Crippen molar-refractivity contribution in [1.29, 1.82) is 0 Å². The van der Waals surface area contributed by atoms with Gasteiger partial charge < -0.3 is 13.4 Å². The van der Waals surface area contributed by atoms with Crippen molar-refractivity contribution in [3.63, 3.8) is 0 Å². The van der Waals surface area contributed by atoms with E-state index >= 15 is 0 Å². The Morgan fingerprint density at radius 2 is 0.792 bits per heavy atom. The number of fused-ring (bicyclic) bond motifs is 11. The molecule has 4 heterocycles. The molecule has 248 valence electrons. The Labute approximate surface area is 311 Å². The molecule has 0 unspecified atom stereocenters. The largest absolute Gasteiger partial charge is 0.309 e. The van der Waals surface area contributed by atoms with Gasteiger partial charge in [0.2, 0.25) is 0 Å². The lowest BCUT2D eigenvalue weighted by atomic mass is 10.1. The number of aromatic nitrogens is 3. The van der Waals surface area contributed by atoms with Crippen LogP contribution < -0.4 is 0 Å². The van der Waals surface area contributed by atoms with Crippen molar-refractivity contribution >= 4 is 107 Å². The normalized spacial score (nSPS) is 12.2. The molecule has 53 heavy (non-hydrogen) atoms. The number of hydrogen-bond donors (Lipinski definition) is 0. The van der Waals surface area contributed by atoms with E-state index in [0.717, 1.165) is 11.2 Å². The van der Waals surface area contributed by atoms with E-state index in [0.29, 0.717) is 0 Å². The standard InChI is InChI=1S/C48H29N3S2/c1-2-12-30(13-3-1)31-24-26-32(27-25-31)49-37-17-5-4-14-33(37)36-28-41-42(29-40(36)49)51-39-19-7-9-21-44(39)53-46-23-11-16-35(48(46)51)34-15-10-22-45-47(34)50(41)38-18-6-8-20-43(38)52-45/h1-29H. The molecule has 4 aromatic heterocycles. The Kier molecular flexibility index (Phi) is 6.09. The highest BCUT2D eigenvalue weighted by Gasteiger charge is 2.19. The van der Waals surface area contributed by atoms with Gasteiger partial charge in [-0.2, -0.15) is 0 Å². The van der Waals surface area contributed by atoms with Gasteiger partial charge in [-0.1, -0.05) is 109 Å². The highest BCUT2D eigenvalue weighted by Crippen LogP contribution is 2.42. The van der Waals surface area contributed by atoms with E-state index in [4.69, 9.17) is 0 Å². The summed E-state index contributed by atoms with van der Waals surface area (Å²) >= 11 is 3.74. The fourth-order valence-electron chi connectivity index (χ4n) is 8.60. The average Bonchev–Trinajstić information content (AvgIpc) is 3.54. The number of rotatable bonds is 2. The van der Waals surface area contributed by atoms with Crippen molar-refractivity contribution in [2.75, 3.05) is 0 Å². The minimum absolute atomic E-state index is 1.14. The van der Waals surface area contributed by atoms with Crippen LogP contribution in [0, 0.1) is 0 Å². The Balaban J connectivity index is 1.36. The van der Waals surface area contributed by atoms with Gasteiger partial charge in [0.1, 0.15) is 0 Å². The zero-order chi connectivity index (χ0) is 34.6. The van der Waals surface area contributed by atoms with Gasteiger partial charge in [-0.05, 0) is 77.9 Å². The summed E-state index contributed by atoms with van der Waals surface area (Å²) in [6, 6.07) is 64.9. The zero-order valence-electron chi connectivity index (χ0n) is 28.4. The molecule has 0 spiro atoms. The van der Waals surface area contributed by atoms with Gasteiger partial charge in [0.05, 0.1) is 62.9 Å². The van der Waals surface area contributed by atoms with Gasteiger partial charge >= 0.3 is 0 Å². The van der Waals surface area contributed by atoms with Crippen molar-refractivity contribution in [2.45, 2.75) is 0 Å². The van der Waals surface area contributed by atoms with E-state index in [-0.39, 0.29) is 0 Å². The third-order valence-corrected chi connectivity index (χ3v) is 13.1. The first-order valence-corrected chi connectivity index (χ1v) is 19.6. The maximum Gasteiger partial charge on any atom is 0.0725 e. The van der Waals surface area contributed by atoms with Crippen LogP contribution in [0.4, 0.5) is 0 Å². The van der Waals surface area contributed by atoms with Crippen LogP contribution in [0.15, 0.2) is 176 Å². The minimum Gasteiger partial charge on any atom is -0.309 e. The predicted molar refractivity (Wildman–Crippen MR) is 229 cm³/mol. The van der Waals surface area contributed by atoms with Crippen LogP contribution in [-0.2, 0) is 0 Å². The lowest BCUT2D eigenvalue weighted by Gasteiger charge is -2.19. The number of hydrogen-bond acceptors (Lipinski definition) is 2. The van der Waals surface area contributed by atoms with Crippen LogP contribution in [-0.4, -0.2) is 13.4 Å². The first-order chi connectivity index (χ1) is 26.3. The Morgan fingerprint density at radius 3 is 1.43 bits per heavy atom. The van der Waals surface area contributed by atoms with Crippen molar-refractivity contribution in [1.82, 2.24) is 13.4 Å². The molecule has 0 aliphatic heterocycles. The topological polar surface area (TPSA) is 13.8 Å². The molecule has 8 aromatic carbocycles. The molecule has 0 fully saturated rings. The molecule has 0 radical (unpaired) electrons. The molecule has 0 bridgehead atoms. The van der Waals surface area contributed by atoms with Crippen LogP contribution in [0.3, 0.4) is 0 Å².